The van der Waals surface area contributed by atoms with Crippen molar-refractivity contribution in [3.8, 4) is 17.2 Å². The summed E-state index contributed by atoms with van der Waals surface area (Å²) in [7, 11) is 0. The summed E-state index contributed by atoms with van der Waals surface area (Å²) in [6, 6.07) is 12.7. The molecule has 1 unspecified atom stereocenters. The van der Waals surface area contributed by atoms with E-state index in [9.17, 15) is 13.6 Å². The fourth-order valence-electron chi connectivity index (χ4n) is 3.59. The number of fused-ring (bicyclic) bond motifs is 1. The van der Waals surface area contributed by atoms with Crippen molar-refractivity contribution in [2.24, 2.45) is 0 Å². The van der Waals surface area contributed by atoms with Crippen LogP contribution in [0.5, 0.6) is 17.2 Å². The number of hydrogen-bond acceptors (Lipinski definition) is 4. The molecule has 0 radical (unpaired) electrons. The maximum Gasteiger partial charge on any atom is 0.387 e. The number of halogens is 2. The van der Waals surface area contributed by atoms with Crippen molar-refractivity contribution < 1.29 is 27.8 Å². The molecule has 1 amide bonds. The first-order valence-electron chi connectivity index (χ1n) is 9.80. The average molecular weight is 403 g/mol. The van der Waals surface area contributed by atoms with Crippen molar-refractivity contribution in [2.75, 3.05) is 6.61 Å². The summed E-state index contributed by atoms with van der Waals surface area (Å²) in [5.74, 6) is 0.950. The third kappa shape index (κ3) is 4.44. The summed E-state index contributed by atoms with van der Waals surface area (Å²) in [6.45, 7) is -0.462. The Bertz CT molecular complexity index is 860. The summed E-state index contributed by atoms with van der Waals surface area (Å²) in [6.07, 6.45) is 1.94. The van der Waals surface area contributed by atoms with Gasteiger partial charge >= 0.3 is 6.61 Å². The van der Waals surface area contributed by atoms with E-state index in [1.54, 1.807) is 19.1 Å². The molecular weight excluding hydrogens is 380 g/mol. The van der Waals surface area contributed by atoms with Crippen LogP contribution < -0.4 is 14.2 Å². The monoisotopic (exact) mass is 403 g/mol. The molecule has 1 atom stereocenters. The molecule has 1 aliphatic heterocycles. The number of alkyl halides is 2. The second-order valence-electron chi connectivity index (χ2n) is 7.21. The summed E-state index contributed by atoms with van der Waals surface area (Å²) in [5, 5.41) is 0. The average Bonchev–Trinajstić information content (AvgIpc) is 3.44. The van der Waals surface area contributed by atoms with E-state index in [2.05, 4.69) is 4.74 Å². The van der Waals surface area contributed by atoms with E-state index in [0.717, 1.165) is 29.7 Å². The first-order valence-corrected chi connectivity index (χ1v) is 9.80. The van der Waals surface area contributed by atoms with Gasteiger partial charge in [-0.25, -0.2) is 0 Å². The first kappa shape index (κ1) is 19.5. The van der Waals surface area contributed by atoms with E-state index in [0.29, 0.717) is 19.6 Å². The number of carbonyl (C=O) groups is 1. The molecule has 2 aromatic carbocycles. The second kappa shape index (κ2) is 8.27. The molecule has 5 nitrogen and oxygen atoms in total. The minimum atomic E-state index is -2.93. The summed E-state index contributed by atoms with van der Waals surface area (Å²) < 4.78 is 41.1. The van der Waals surface area contributed by atoms with Gasteiger partial charge in [-0.3, -0.25) is 4.79 Å². The molecule has 154 valence electrons. The number of para-hydroxylation sites is 1. The fraction of sp³-hybridized carbons (Fsp3) is 0.409. The van der Waals surface area contributed by atoms with Gasteiger partial charge in [0, 0.05) is 19.0 Å². The van der Waals surface area contributed by atoms with Crippen LogP contribution in [0.25, 0.3) is 0 Å². The summed E-state index contributed by atoms with van der Waals surface area (Å²) in [4.78, 5) is 15.0. The van der Waals surface area contributed by atoms with E-state index < -0.39 is 12.7 Å². The molecule has 0 spiro atoms. The summed E-state index contributed by atoms with van der Waals surface area (Å²) in [5.41, 5.74) is 1.83. The molecule has 1 fully saturated rings. The maximum atomic E-state index is 13.2. The number of ether oxygens (including phenoxy) is 3. The molecule has 2 aromatic rings. The Morgan fingerprint density at radius 1 is 1.21 bits per heavy atom. The zero-order valence-corrected chi connectivity index (χ0v) is 16.1. The third-order valence-corrected chi connectivity index (χ3v) is 5.07. The highest BCUT2D eigenvalue weighted by Gasteiger charge is 2.39. The first-order chi connectivity index (χ1) is 14.0. The van der Waals surface area contributed by atoms with Gasteiger partial charge in [0.25, 0.3) is 5.91 Å². The van der Waals surface area contributed by atoms with Gasteiger partial charge in [-0.15, -0.1) is 0 Å². The Morgan fingerprint density at radius 3 is 2.69 bits per heavy atom. The quantitative estimate of drug-likeness (QED) is 0.664. The number of nitrogens with zero attached hydrogens (tertiary/aromatic N) is 1. The van der Waals surface area contributed by atoms with Gasteiger partial charge < -0.3 is 19.1 Å². The van der Waals surface area contributed by atoms with E-state index in [1.165, 1.54) is 6.07 Å². The zero-order valence-electron chi connectivity index (χ0n) is 16.1. The SMILES string of the molecule is CCOc1cc(CN(C(=O)C2Cc3ccccc3O2)C2CC2)ccc1OC(F)F. The third-order valence-electron chi connectivity index (χ3n) is 5.07. The zero-order chi connectivity index (χ0) is 20.4. The van der Waals surface area contributed by atoms with Crippen LogP contribution in [0.1, 0.15) is 30.9 Å². The number of amides is 1. The molecule has 2 aliphatic rings. The smallest absolute Gasteiger partial charge is 0.387 e. The maximum absolute atomic E-state index is 13.2. The molecule has 29 heavy (non-hydrogen) atoms. The molecule has 1 aliphatic carbocycles. The van der Waals surface area contributed by atoms with Crippen molar-refractivity contribution in [3.63, 3.8) is 0 Å². The Kier molecular flexibility index (Phi) is 5.56. The second-order valence-corrected chi connectivity index (χ2v) is 7.21. The Labute approximate surface area is 168 Å². The van der Waals surface area contributed by atoms with Crippen LogP contribution in [0.3, 0.4) is 0 Å². The van der Waals surface area contributed by atoms with Crippen molar-refractivity contribution in [1.29, 1.82) is 0 Å². The van der Waals surface area contributed by atoms with Crippen molar-refractivity contribution in [3.05, 3.63) is 53.6 Å². The fourth-order valence-corrected chi connectivity index (χ4v) is 3.59. The molecular formula is C22H23F2NO4. The van der Waals surface area contributed by atoms with Gasteiger partial charge in [0.1, 0.15) is 5.75 Å². The Balaban J connectivity index is 1.50. The highest BCUT2D eigenvalue weighted by atomic mass is 19.3. The normalized spacial score (nSPS) is 17.6. The lowest BCUT2D eigenvalue weighted by Gasteiger charge is -2.26. The van der Waals surface area contributed by atoms with Crippen LogP contribution in [-0.4, -0.2) is 36.2 Å². The van der Waals surface area contributed by atoms with Crippen LogP contribution >= 0.6 is 0 Å². The molecule has 1 saturated carbocycles. The molecule has 0 aromatic heterocycles. The van der Waals surface area contributed by atoms with Crippen LogP contribution in [0.2, 0.25) is 0 Å². The van der Waals surface area contributed by atoms with E-state index >= 15 is 0 Å². The van der Waals surface area contributed by atoms with Gasteiger partial charge in [0.15, 0.2) is 17.6 Å². The lowest BCUT2D eigenvalue weighted by molar-refractivity contribution is -0.139. The highest BCUT2D eigenvalue weighted by molar-refractivity contribution is 5.83. The van der Waals surface area contributed by atoms with Crippen LogP contribution in [0, 0.1) is 0 Å². The van der Waals surface area contributed by atoms with E-state index in [1.807, 2.05) is 29.2 Å². The minimum absolute atomic E-state index is 0.00975. The Morgan fingerprint density at radius 2 is 2.00 bits per heavy atom. The van der Waals surface area contributed by atoms with Crippen LogP contribution in [0.4, 0.5) is 8.78 Å². The topological polar surface area (TPSA) is 48.0 Å². The minimum Gasteiger partial charge on any atom is -0.490 e. The van der Waals surface area contributed by atoms with Gasteiger partial charge in [0.2, 0.25) is 0 Å². The molecule has 4 rings (SSSR count). The van der Waals surface area contributed by atoms with Crippen molar-refractivity contribution in [1.82, 2.24) is 4.90 Å². The molecule has 0 N–H and O–H groups in total. The predicted molar refractivity (Wildman–Crippen MR) is 102 cm³/mol. The van der Waals surface area contributed by atoms with Gasteiger partial charge in [-0.2, -0.15) is 8.78 Å². The largest absolute Gasteiger partial charge is 0.490 e. The van der Waals surface area contributed by atoms with Gasteiger partial charge in [-0.05, 0) is 49.1 Å². The summed E-state index contributed by atoms with van der Waals surface area (Å²) >= 11 is 0. The van der Waals surface area contributed by atoms with Gasteiger partial charge in [-0.1, -0.05) is 24.3 Å². The van der Waals surface area contributed by atoms with Crippen LogP contribution in [0.15, 0.2) is 42.5 Å². The lowest BCUT2D eigenvalue weighted by atomic mass is 10.1. The van der Waals surface area contributed by atoms with E-state index in [4.69, 9.17) is 9.47 Å². The standard InChI is InChI=1S/C22H23F2NO4/c1-2-27-19-11-14(7-10-18(19)29-22(23)24)13-25(16-8-9-16)21(26)20-12-15-5-3-4-6-17(15)28-20/h3-7,10-11,16,20,22H,2,8-9,12-13H2,1H3. The van der Waals surface area contributed by atoms with Gasteiger partial charge in [0.05, 0.1) is 6.61 Å². The number of benzene rings is 2. The van der Waals surface area contributed by atoms with E-state index in [-0.39, 0.29) is 23.4 Å². The predicted octanol–water partition coefficient (Wildman–Crippen LogP) is 4.18. The molecule has 0 bridgehead atoms. The number of rotatable bonds is 8. The highest BCUT2D eigenvalue weighted by Crippen LogP contribution is 2.35. The van der Waals surface area contributed by atoms with Crippen molar-refractivity contribution >= 4 is 5.91 Å². The van der Waals surface area contributed by atoms with Crippen LogP contribution in [-0.2, 0) is 17.8 Å². The molecule has 7 heteroatoms. The Hall–Kier alpha value is -2.83. The number of carbonyl (C=O) groups excluding carboxylic acids is 1. The molecule has 1 heterocycles. The lowest BCUT2D eigenvalue weighted by Crippen LogP contribution is -2.42. The van der Waals surface area contributed by atoms with Crippen molar-refractivity contribution in [2.45, 2.75) is 51.5 Å². The number of hydrogen-bond donors (Lipinski definition) is 0. The molecule has 0 saturated heterocycles.